The molecule has 4 nitrogen and oxygen atoms in total. The molecule has 0 amide bonds. The smallest absolute Gasteiger partial charge is 0.144 e. The molecule has 1 unspecified atom stereocenters. The third kappa shape index (κ3) is 2.80. The number of nitrogens with zero attached hydrogens (tertiary/aromatic N) is 3. The van der Waals surface area contributed by atoms with E-state index in [0.717, 1.165) is 18.2 Å². The van der Waals surface area contributed by atoms with E-state index in [1.54, 1.807) is 6.20 Å². The zero-order chi connectivity index (χ0) is 13.1. The van der Waals surface area contributed by atoms with Gasteiger partial charge >= 0.3 is 0 Å². The molecule has 0 aromatic carbocycles. The maximum Gasteiger partial charge on any atom is 0.144 e. The van der Waals surface area contributed by atoms with Crippen molar-refractivity contribution in [1.82, 2.24) is 9.88 Å². The molecule has 1 atom stereocenters. The van der Waals surface area contributed by atoms with Gasteiger partial charge in [-0.3, -0.25) is 4.90 Å². The minimum atomic E-state index is 0.450. The van der Waals surface area contributed by atoms with Gasteiger partial charge < -0.3 is 5.32 Å². The molecule has 1 saturated carbocycles. The Bertz CT molecular complexity index is 459. The summed E-state index contributed by atoms with van der Waals surface area (Å²) in [7, 11) is 2.17. The van der Waals surface area contributed by atoms with Gasteiger partial charge in [-0.25, -0.2) is 4.98 Å². The summed E-state index contributed by atoms with van der Waals surface area (Å²) >= 11 is 0. The van der Waals surface area contributed by atoms with Crippen LogP contribution in [0.4, 0.5) is 5.82 Å². The van der Waals surface area contributed by atoms with Crippen molar-refractivity contribution in [2.24, 2.45) is 0 Å². The van der Waals surface area contributed by atoms with E-state index in [-0.39, 0.29) is 0 Å². The van der Waals surface area contributed by atoms with Gasteiger partial charge in [-0.15, -0.1) is 0 Å². The molecule has 1 aliphatic rings. The van der Waals surface area contributed by atoms with E-state index in [9.17, 15) is 0 Å². The molecule has 0 aliphatic heterocycles. The third-order valence-electron chi connectivity index (χ3n) is 3.65. The molecule has 1 aromatic rings. The van der Waals surface area contributed by atoms with Crippen LogP contribution in [-0.4, -0.2) is 35.6 Å². The summed E-state index contributed by atoms with van der Waals surface area (Å²) in [6, 6.07) is 5.28. The van der Waals surface area contributed by atoms with Crippen LogP contribution in [0, 0.1) is 18.3 Å². The summed E-state index contributed by atoms with van der Waals surface area (Å²) in [5, 5.41) is 12.4. The summed E-state index contributed by atoms with van der Waals surface area (Å²) in [5.74, 6) is 0.702. The number of nitriles is 1. The van der Waals surface area contributed by atoms with Crippen LogP contribution in [0.2, 0.25) is 0 Å². The molecule has 2 rings (SSSR count). The predicted octanol–water partition coefficient (Wildman–Crippen LogP) is 2.16. The summed E-state index contributed by atoms with van der Waals surface area (Å²) in [6.07, 6.45) is 4.37. The standard InChI is InChI=1S/C14H20N4/c1-10-6-7-16-14(13(10)8-15)17-9-11(2)18(3)12-4-5-12/h6-7,11-12H,4-5,9H2,1-3H3,(H,16,17). The first-order valence-corrected chi connectivity index (χ1v) is 6.45. The SMILES string of the molecule is Cc1ccnc(NCC(C)N(C)C2CC2)c1C#N. The lowest BCUT2D eigenvalue weighted by atomic mass is 10.1. The summed E-state index contributed by atoms with van der Waals surface area (Å²) in [4.78, 5) is 6.65. The highest BCUT2D eigenvalue weighted by Gasteiger charge is 2.28. The largest absolute Gasteiger partial charge is 0.367 e. The Balaban J connectivity index is 1.97. The number of likely N-dealkylation sites (N-methyl/N-ethyl adjacent to an activating group) is 1. The van der Waals surface area contributed by atoms with Crippen LogP contribution in [0.1, 0.15) is 30.9 Å². The Morgan fingerprint density at radius 3 is 2.94 bits per heavy atom. The highest BCUT2D eigenvalue weighted by molar-refractivity contribution is 5.55. The first kappa shape index (κ1) is 12.8. The van der Waals surface area contributed by atoms with E-state index in [1.165, 1.54) is 12.8 Å². The van der Waals surface area contributed by atoms with Crippen LogP contribution in [0.15, 0.2) is 12.3 Å². The normalized spacial score (nSPS) is 16.4. The molecule has 0 radical (unpaired) electrons. The van der Waals surface area contributed by atoms with E-state index in [1.807, 2.05) is 13.0 Å². The first-order chi connectivity index (χ1) is 8.63. The van der Waals surface area contributed by atoms with Crippen molar-refractivity contribution in [1.29, 1.82) is 5.26 Å². The molecule has 18 heavy (non-hydrogen) atoms. The fraction of sp³-hybridized carbons (Fsp3) is 0.571. The molecule has 0 saturated heterocycles. The number of nitrogens with one attached hydrogen (secondary N) is 1. The molecule has 1 heterocycles. The molecule has 0 spiro atoms. The molecule has 1 fully saturated rings. The van der Waals surface area contributed by atoms with Crippen LogP contribution >= 0.6 is 0 Å². The minimum absolute atomic E-state index is 0.450. The second-order valence-electron chi connectivity index (χ2n) is 5.09. The van der Waals surface area contributed by atoms with Gasteiger partial charge in [0.05, 0.1) is 5.56 Å². The predicted molar refractivity (Wildman–Crippen MR) is 72.4 cm³/mol. The van der Waals surface area contributed by atoms with Crippen molar-refractivity contribution in [2.75, 3.05) is 18.9 Å². The van der Waals surface area contributed by atoms with Crippen molar-refractivity contribution < 1.29 is 0 Å². The van der Waals surface area contributed by atoms with Crippen LogP contribution in [0.25, 0.3) is 0 Å². The zero-order valence-electron chi connectivity index (χ0n) is 11.3. The van der Waals surface area contributed by atoms with Crippen LogP contribution in [0.5, 0.6) is 0 Å². The van der Waals surface area contributed by atoms with E-state index >= 15 is 0 Å². The van der Waals surface area contributed by atoms with Crippen LogP contribution in [-0.2, 0) is 0 Å². The lowest BCUT2D eigenvalue weighted by Crippen LogP contribution is -2.36. The average Bonchev–Trinajstić information content (AvgIpc) is 3.19. The van der Waals surface area contributed by atoms with Crippen molar-refractivity contribution in [3.8, 4) is 6.07 Å². The number of aromatic nitrogens is 1. The third-order valence-corrected chi connectivity index (χ3v) is 3.65. The fourth-order valence-electron chi connectivity index (χ4n) is 2.06. The zero-order valence-corrected chi connectivity index (χ0v) is 11.3. The van der Waals surface area contributed by atoms with E-state index < -0.39 is 0 Å². The number of anilines is 1. The monoisotopic (exact) mass is 244 g/mol. The first-order valence-electron chi connectivity index (χ1n) is 6.45. The van der Waals surface area contributed by atoms with E-state index in [2.05, 4.69) is 35.2 Å². The van der Waals surface area contributed by atoms with Gasteiger partial charge in [0.2, 0.25) is 0 Å². The van der Waals surface area contributed by atoms with Gasteiger partial charge in [-0.1, -0.05) is 0 Å². The second kappa shape index (κ2) is 5.36. The Morgan fingerprint density at radius 2 is 2.33 bits per heavy atom. The van der Waals surface area contributed by atoms with Crippen molar-refractivity contribution in [3.63, 3.8) is 0 Å². The number of hydrogen-bond acceptors (Lipinski definition) is 4. The van der Waals surface area contributed by atoms with Crippen LogP contribution in [0.3, 0.4) is 0 Å². The van der Waals surface area contributed by atoms with E-state index in [4.69, 9.17) is 5.26 Å². The summed E-state index contributed by atoms with van der Waals surface area (Å²) in [5.41, 5.74) is 1.62. The Labute approximate surface area is 109 Å². The number of pyridine rings is 1. The Kier molecular flexibility index (Phi) is 3.83. The molecule has 1 aromatic heterocycles. The van der Waals surface area contributed by atoms with Gasteiger partial charge in [-0.2, -0.15) is 5.26 Å². The maximum absolute atomic E-state index is 9.13. The highest BCUT2D eigenvalue weighted by Crippen LogP contribution is 2.27. The van der Waals surface area contributed by atoms with Gasteiger partial charge in [-0.05, 0) is 45.4 Å². The quantitative estimate of drug-likeness (QED) is 0.862. The van der Waals surface area contributed by atoms with E-state index in [0.29, 0.717) is 17.4 Å². The highest BCUT2D eigenvalue weighted by atomic mass is 15.2. The molecule has 0 bridgehead atoms. The van der Waals surface area contributed by atoms with Gasteiger partial charge in [0.25, 0.3) is 0 Å². The number of rotatable bonds is 5. The maximum atomic E-state index is 9.13. The van der Waals surface area contributed by atoms with Crippen molar-refractivity contribution >= 4 is 5.82 Å². The Hall–Kier alpha value is -1.60. The van der Waals surface area contributed by atoms with Crippen LogP contribution < -0.4 is 5.32 Å². The second-order valence-corrected chi connectivity index (χ2v) is 5.09. The number of hydrogen-bond donors (Lipinski definition) is 1. The van der Waals surface area contributed by atoms with Gasteiger partial charge in [0.15, 0.2) is 0 Å². The molecule has 4 heteroatoms. The van der Waals surface area contributed by atoms with Crippen molar-refractivity contribution in [3.05, 3.63) is 23.4 Å². The molecule has 1 N–H and O–H groups in total. The fourth-order valence-corrected chi connectivity index (χ4v) is 2.06. The van der Waals surface area contributed by atoms with Gasteiger partial charge in [0.1, 0.15) is 11.9 Å². The van der Waals surface area contributed by atoms with Crippen molar-refractivity contribution in [2.45, 2.75) is 38.8 Å². The lowest BCUT2D eigenvalue weighted by molar-refractivity contribution is 0.257. The molecular weight excluding hydrogens is 224 g/mol. The summed E-state index contributed by atoms with van der Waals surface area (Å²) in [6.45, 7) is 4.95. The average molecular weight is 244 g/mol. The minimum Gasteiger partial charge on any atom is -0.367 e. The van der Waals surface area contributed by atoms with Gasteiger partial charge in [0, 0.05) is 24.8 Å². The number of aryl methyl sites for hydroxylation is 1. The lowest BCUT2D eigenvalue weighted by Gasteiger charge is -2.25. The molecule has 1 aliphatic carbocycles. The molecular formula is C14H20N4. The summed E-state index contributed by atoms with van der Waals surface area (Å²) < 4.78 is 0. The Morgan fingerprint density at radius 1 is 1.61 bits per heavy atom. The molecule has 96 valence electrons. The topological polar surface area (TPSA) is 52.0 Å².